The van der Waals surface area contributed by atoms with E-state index in [1.807, 2.05) is 17.0 Å². The van der Waals surface area contributed by atoms with E-state index in [9.17, 15) is 4.79 Å². The molecule has 3 atom stereocenters. The Kier molecular flexibility index (Phi) is 5.17. The zero-order chi connectivity index (χ0) is 19.7. The molecule has 0 saturated carbocycles. The van der Waals surface area contributed by atoms with Crippen LogP contribution in [-0.4, -0.2) is 58.7 Å². The molecular formula is C21H27N5O2. The molecule has 7 heteroatoms. The van der Waals surface area contributed by atoms with E-state index < -0.39 is 0 Å². The minimum absolute atomic E-state index is 0.0617. The number of benzene rings is 1. The monoisotopic (exact) mass is 381 g/mol. The van der Waals surface area contributed by atoms with Crippen LogP contribution in [0.15, 0.2) is 36.7 Å². The van der Waals surface area contributed by atoms with E-state index in [0.29, 0.717) is 18.4 Å². The number of amides is 1. The van der Waals surface area contributed by atoms with Crippen molar-refractivity contribution in [2.45, 2.75) is 19.9 Å². The molecule has 2 aliphatic rings. The van der Waals surface area contributed by atoms with Crippen LogP contribution >= 0.6 is 0 Å². The third-order valence-electron chi connectivity index (χ3n) is 5.97. The summed E-state index contributed by atoms with van der Waals surface area (Å²) in [5.74, 6) is 2.57. The van der Waals surface area contributed by atoms with Crippen LogP contribution in [-0.2, 0) is 4.79 Å². The van der Waals surface area contributed by atoms with Crippen molar-refractivity contribution in [1.29, 1.82) is 0 Å². The molecule has 0 aliphatic carbocycles. The molecule has 2 aliphatic heterocycles. The summed E-state index contributed by atoms with van der Waals surface area (Å²) in [6.07, 6.45) is 1.56. The predicted octanol–water partition coefficient (Wildman–Crippen LogP) is 1.85. The first kappa shape index (κ1) is 18.7. The normalized spacial score (nSPS) is 23.8. The third-order valence-corrected chi connectivity index (χ3v) is 5.97. The highest BCUT2D eigenvalue weighted by molar-refractivity contribution is 5.74. The minimum Gasteiger partial charge on any atom is -0.395 e. The van der Waals surface area contributed by atoms with Crippen LogP contribution in [0.25, 0.3) is 0 Å². The summed E-state index contributed by atoms with van der Waals surface area (Å²) in [7, 11) is 0. The maximum Gasteiger partial charge on any atom is 0.219 e. The van der Waals surface area contributed by atoms with Gasteiger partial charge in [-0.05, 0) is 18.1 Å². The first-order valence-corrected chi connectivity index (χ1v) is 9.83. The van der Waals surface area contributed by atoms with E-state index in [-0.39, 0.29) is 18.6 Å². The summed E-state index contributed by atoms with van der Waals surface area (Å²) < 4.78 is 0. The van der Waals surface area contributed by atoms with Crippen LogP contribution in [0.5, 0.6) is 0 Å². The van der Waals surface area contributed by atoms with Gasteiger partial charge in [0.1, 0.15) is 18.0 Å². The van der Waals surface area contributed by atoms with Crippen molar-refractivity contribution >= 4 is 17.5 Å². The van der Waals surface area contributed by atoms with Crippen molar-refractivity contribution in [3.8, 4) is 0 Å². The van der Waals surface area contributed by atoms with E-state index in [1.54, 1.807) is 13.3 Å². The number of carbonyl (C=O) groups is 1. The highest BCUT2D eigenvalue weighted by Crippen LogP contribution is 2.46. The second-order valence-corrected chi connectivity index (χ2v) is 7.71. The van der Waals surface area contributed by atoms with Gasteiger partial charge in [0, 0.05) is 51.0 Å². The molecule has 4 rings (SSSR count). The van der Waals surface area contributed by atoms with E-state index in [4.69, 9.17) is 5.11 Å². The molecule has 1 aromatic carbocycles. The maximum atomic E-state index is 12.3. The lowest BCUT2D eigenvalue weighted by atomic mass is 9.87. The van der Waals surface area contributed by atoms with Crippen molar-refractivity contribution in [2.24, 2.45) is 11.8 Å². The fourth-order valence-corrected chi connectivity index (χ4v) is 4.67. The number of hydrogen-bond donors (Lipinski definition) is 2. The lowest BCUT2D eigenvalue weighted by molar-refractivity contribution is -0.130. The average Bonchev–Trinajstić information content (AvgIpc) is 3.25. The minimum atomic E-state index is 0.0617. The number of aromatic nitrogens is 2. The van der Waals surface area contributed by atoms with E-state index in [1.165, 1.54) is 11.1 Å². The Morgan fingerprint density at radius 1 is 1.25 bits per heavy atom. The summed E-state index contributed by atoms with van der Waals surface area (Å²) in [6.45, 7) is 6.86. The molecular weight excluding hydrogens is 354 g/mol. The zero-order valence-corrected chi connectivity index (χ0v) is 16.4. The number of aryl methyl sites for hydroxylation is 1. The van der Waals surface area contributed by atoms with Crippen LogP contribution in [0, 0.1) is 18.8 Å². The molecule has 0 radical (unpaired) electrons. The molecule has 0 spiro atoms. The lowest BCUT2D eigenvalue weighted by Crippen LogP contribution is -2.34. The van der Waals surface area contributed by atoms with Gasteiger partial charge in [-0.25, -0.2) is 9.97 Å². The van der Waals surface area contributed by atoms with Gasteiger partial charge in [-0.2, -0.15) is 0 Å². The van der Waals surface area contributed by atoms with Crippen molar-refractivity contribution < 1.29 is 9.90 Å². The van der Waals surface area contributed by atoms with Gasteiger partial charge >= 0.3 is 0 Å². The number of likely N-dealkylation sites (tertiary alicyclic amines) is 1. The molecule has 7 nitrogen and oxygen atoms in total. The van der Waals surface area contributed by atoms with Gasteiger partial charge in [0.2, 0.25) is 5.91 Å². The smallest absolute Gasteiger partial charge is 0.219 e. The highest BCUT2D eigenvalue weighted by Gasteiger charge is 2.49. The van der Waals surface area contributed by atoms with Crippen molar-refractivity contribution in [3.05, 3.63) is 47.8 Å². The van der Waals surface area contributed by atoms with Crippen LogP contribution in [0.2, 0.25) is 0 Å². The second kappa shape index (κ2) is 7.75. The number of nitrogens with one attached hydrogen (secondary N) is 1. The quantitative estimate of drug-likeness (QED) is 0.823. The van der Waals surface area contributed by atoms with Gasteiger partial charge in [0.05, 0.1) is 12.6 Å². The summed E-state index contributed by atoms with van der Waals surface area (Å²) in [6, 6.07) is 10.4. The molecule has 0 unspecified atom stereocenters. The molecule has 1 amide bonds. The summed E-state index contributed by atoms with van der Waals surface area (Å²) >= 11 is 0. The molecule has 2 saturated heterocycles. The topological polar surface area (TPSA) is 81.6 Å². The Labute approximate surface area is 165 Å². The fraction of sp³-hybridized carbons (Fsp3) is 0.476. The van der Waals surface area contributed by atoms with Gasteiger partial charge in [0.15, 0.2) is 0 Å². The summed E-state index contributed by atoms with van der Waals surface area (Å²) in [4.78, 5) is 25.3. The average molecular weight is 381 g/mol. The number of hydrogen-bond acceptors (Lipinski definition) is 6. The first-order valence-electron chi connectivity index (χ1n) is 9.83. The van der Waals surface area contributed by atoms with Gasteiger partial charge in [-0.15, -0.1) is 0 Å². The molecule has 2 aromatic rings. The molecule has 1 aromatic heterocycles. The van der Waals surface area contributed by atoms with Crippen LogP contribution in [0.3, 0.4) is 0 Å². The van der Waals surface area contributed by atoms with Crippen molar-refractivity contribution in [1.82, 2.24) is 14.9 Å². The number of anilines is 2. The number of rotatable bonds is 5. The van der Waals surface area contributed by atoms with Gasteiger partial charge in [0.25, 0.3) is 0 Å². The summed E-state index contributed by atoms with van der Waals surface area (Å²) in [5, 5.41) is 12.1. The van der Waals surface area contributed by atoms with E-state index in [0.717, 1.165) is 31.3 Å². The van der Waals surface area contributed by atoms with Gasteiger partial charge in [-0.1, -0.05) is 24.3 Å². The standard InChI is InChI=1S/C21H27N5O2/c1-14-5-3-4-6-17(14)21-18-12-25(10-16(18)11-26(21)15(2)28)20-9-19(22-7-8-27)23-13-24-20/h3-6,9,13,16,18,21,27H,7-8,10-12H2,1-2H3,(H,22,23,24)/t16-,18-,21+/m1/s1. The fourth-order valence-electron chi connectivity index (χ4n) is 4.67. The number of aliphatic hydroxyl groups is 1. The SMILES string of the molecule is CC(=O)N1C[C@H]2CN(c3cc(NCCO)ncn3)C[C@H]2[C@@H]1c1ccccc1C. The van der Waals surface area contributed by atoms with E-state index >= 15 is 0 Å². The Morgan fingerprint density at radius 2 is 2.07 bits per heavy atom. The van der Waals surface area contributed by atoms with Crippen LogP contribution < -0.4 is 10.2 Å². The van der Waals surface area contributed by atoms with Gasteiger partial charge in [-0.3, -0.25) is 4.79 Å². The summed E-state index contributed by atoms with van der Waals surface area (Å²) in [5.41, 5.74) is 2.48. The Bertz CT molecular complexity index is 858. The molecule has 2 fully saturated rings. The number of nitrogens with zero attached hydrogens (tertiary/aromatic N) is 4. The largest absolute Gasteiger partial charge is 0.395 e. The molecule has 0 bridgehead atoms. The lowest BCUT2D eigenvalue weighted by Gasteiger charge is -2.30. The van der Waals surface area contributed by atoms with Crippen molar-refractivity contribution in [3.63, 3.8) is 0 Å². The molecule has 3 heterocycles. The Balaban J connectivity index is 1.58. The Morgan fingerprint density at radius 3 is 2.82 bits per heavy atom. The zero-order valence-electron chi connectivity index (χ0n) is 16.4. The number of carbonyl (C=O) groups excluding carboxylic acids is 1. The predicted molar refractivity (Wildman–Crippen MR) is 108 cm³/mol. The molecule has 148 valence electrons. The van der Waals surface area contributed by atoms with E-state index in [2.05, 4.69) is 45.3 Å². The molecule has 28 heavy (non-hydrogen) atoms. The highest BCUT2D eigenvalue weighted by atomic mass is 16.3. The number of fused-ring (bicyclic) bond motifs is 1. The van der Waals surface area contributed by atoms with Crippen LogP contribution in [0.4, 0.5) is 11.6 Å². The molecule has 2 N–H and O–H groups in total. The Hall–Kier alpha value is -2.67. The van der Waals surface area contributed by atoms with Crippen LogP contribution in [0.1, 0.15) is 24.1 Å². The van der Waals surface area contributed by atoms with Gasteiger partial charge < -0.3 is 20.2 Å². The number of aliphatic hydroxyl groups excluding tert-OH is 1. The third kappa shape index (κ3) is 3.42. The first-order chi connectivity index (χ1) is 13.6. The van der Waals surface area contributed by atoms with Crippen molar-refractivity contribution in [2.75, 3.05) is 43.0 Å². The second-order valence-electron chi connectivity index (χ2n) is 7.71. The maximum absolute atomic E-state index is 12.3.